The number of carbonyl (C=O) groups excluding carboxylic acids is 1. The van der Waals surface area contributed by atoms with Gasteiger partial charge in [0.2, 0.25) is 5.91 Å². The third kappa shape index (κ3) is 3.45. The number of hydrogen-bond donors (Lipinski definition) is 2. The van der Waals surface area contributed by atoms with E-state index in [1.165, 1.54) is 6.20 Å². The molecular weight excluding hydrogens is 326 g/mol. The van der Waals surface area contributed by atoms with Crippen LogP contribution in [0.2, 0.25) is 0 Å². The van der Waals surface area contributed by atoms with E-state index >= 15 is 0 Å². The smallest absolute Gasteiger partial charge is 0.328 e. The molecule has 2 aromatic rings. The fourth-order valence-corrected chi connectivity index (χ4v) is 1.95. The fourth-order valence-electron chi connectivity index (χ4n) is 1.63. The molecule has 7 heteroatoms. The zero-order chi connectivity index (χ0) is 14.5. The van der Waals surface area contributed by atoms with E-state index in [-0.39, 0.29) is 11.0 Å². The molecule has 0 spiro atoms. The third-order valence-corrected chi connectivity index (χ3v) is 3.22. The van der Waals surface area contributed by atoms with Crippen molar-refractivity contribution in [2.45, 2.75) is 13.1 Å². The van der Waals surface area contributed by atoms with Crippen LogP contribution in [0.15, 0.2) is 50.6 Å². The van der Waals surface area contributed by atoms with Gasteiger partial charge in [-0.3, -0.25) is 9.59 Å². The Morgan fingerprint density at radius 2 is 1.95 bits per heavy atom. The highest BCUT2D eigenvalue weighted by molar-refractivity contribution is 9.10. The Bertz CT molecular complexity index is 722. The lowest BCUT2D eigenvalue weighted by Crippen LogP contribution is -2.40. The minimum Gasteiger partial charge on any atom is -0.350 e. The predicted molar refractivity (Wildman–Crippen MR) is 77.3 cm³/mol. The molecule has 104 valence electrons. The molecule has 1 heterocycles. The molecule has 0 saturated carbocycles. The van der Waals surface area contributed by atoms with Crippen LogP contribution in [0, 0.1) is 0 Å². The van der Waals surface area contributed by atoms with Gasteiger partial charge in [0.05, 0.1) is 4.47 Å². The lowest BCUT2D eigenvalue weighted by atomic mass is 10.2. The number of nitrogens with zero attached hydrogens (tertiary/aromatic N) is 1. The topological polar surface area (TPSA) is 84.0 Å². The van der Waals surface area contributed by atoms with Gasteiger partial charge in [-0.2, -0.15) is 0 Å². The normalized spacial score (nSPS) is 10.2. The maximum Gasteiger partial charge on any atom is 0.328 e. The van der Waals surface area contributed by atoms with Gasteiger partial charge in [0.1, 0.15) is 6.54 Å². The maximum absolute atomic E-state index is 11.8. The second-order valence-electron chi connectivity index (χ2n) is 4.10. The summed E-state index contributed by atoms with van der Waals surface area (Å²) in [6, 6.07) is 9.36. The van der Waals surface area contributed by atoms with Crippen LogP contribution in [0.25, 0.3) is 0 Å². The first-order valence-electron chi connectivity index (χ1n) is 5.86. The Hall–Kier alpha value is -2.15. The number of aromatic amines is 1. The van der Waals surface area contributed by atoms with Crippen LogP contribution in [0.4, 0.5) is 0 Å². The van der Waals surface area contributed by atoms with E-state index < -0.39 is 17.2 Å². The highest BCUT2D eigenvalue weighted by Crippen LogP contribution is 1.98. The van der Waals surface area contributed by atoms with Crippen LogP contribution in [0.5, 0.6) is 0 Å². The summed E-state index contributed by atoms with van der Waals surface area (Å²) in [4.78, 5) is 37.4. The molecule has 0 aliphatic carbocycles. The molecule has 0 bridgehead atoms. The molecule has 20 heavy (non-hydrogen) atoms. The first-order valence-corrected chi connectivity index (χ1v) is 6.66. The van der Waals surface area contributed by atoms with E-state index in [2.05, 4.69) is 26.2 Å². The summed E-state index contributed by atoms with van der Waals surface area (Å²) in [5.41, 5.74) is -0.215. The van der Waals surface area contributed by atoms with Crippen molar-refractivity contribution in [2.75, 3.05) is 0 Å². The average Bonchev–Trinajstić information content (AvgIpc) is 2.46. The van der Waals surface area contributed by atoms with Crippen molar-refractivity contribution in [3.05, 3.63) is 67.4 Å². The SMILES string of the molecule is O=C(Cn1c(=O)[nH]cc(Br)c1=O)NCc1ccccc1. The average molecular weight is 338 g/mol. The standard InChI is InChI=1S/C13H12BrN3O3/c14-10-7-16-13(20)17(12(10)19)8-11(18)15-6-9-4-2-1-3-5-9/h1-5,7H,6,8H2,(H,15,18)(H,16,20). The van der Waals surface area contributed by atoms with Gasteiger partial charge in [0.25, 0.3) is 5.56 Å². The number of aromatic nitrogens is 2. The van der Waals surface area contributed by atoms with E-state index in [1.807, 2.05) is 30.3 Å². The summed E-state index contributed by atoms with van der Waals surface area (Å²) in [6.07, 6.45) is 1.25. The Balaban J connectivity index is 2.04. The molecule has 0 unspecified atom stereocenters. The number of benzene rings is 1. The first-order chi connectivity index (χ1) is 9.58. The largest absolute Gasteiger partial charge is 0.350 e. The van der Waals surface area contributed by atoms with Crippen LogP contribution < -0.4 is 16.6 Å². The number of hydrogen-bond acceptors (Lipinski definition) is 3. The molecule has 2 rings (SSSR count). The third-order valence-electron chi connectivity index (χ3n) is 2.65. The van der Waals surface area contributed by atoms with Gasteiger partial charge >= 0.3 is 5.69 Å². The molecule has 0 saturated heterocycles. The predicted octanol–water partition coefficient (Wildman–Crippen LogP) is 0.615. The van der Waals surface area contributed by atoms with Crippen LogP contribution in [0.1, 0.15) is 5.56 Å². The fraction of sp³-hybridized carbons (Fsp3) is 0.154. The second kappa shape index (κ2) is 6.33. The Kier molecular flexibility index (Phi) is 4.52. The van der Waals surface area contributed by atoms with Crippen LogP contribution in [-0.4, -0.2) is 15.5 Å². The molecule has 1 aromatic carbocycles. The second-order valence-corrected chi connectivity index (χ2v) is 4.95. The molecule has 0 aliphatic heterocycles. The van der Waals surface area contributed by atoms with Gasteiger partial charge in [-0.15, -0.1) is 0 Å². The minimum absolute atomic E-state index is 0.202. The lowest BCUT2D eigenvalue weighted by Gasteiger charge is -2.07. The highest BCUT2D eigenvalue weighted by atomic mass is 79.9. The zero-order valence-corrected chi connectivity index (χ0v) is 12.0. The summed E-state index contributed by atoms with van der Waals surface area (Å²) in [7, 11) is 0. The van der Waals surface area contributed by atoms with Crippen molar-refractivity contribution >= 4 is 21.8 Å². The van der Waals surface area contributed by atoms with Gasteiger partial charge < -0.3 is 10.3 Å². The maximum atomic E-state index is 11.8. The van der Waals surface area contributed by atoms with E-state index in [9.17, 15) is 14.4 Å². The minimum atomic E-state index is -0.618. The zero-order valence-electron chi connectivity index (χ0n) is 10.4. The van der Waals surface area contributed by atoms with Crippen molar-refractivity contribution in [1.82, 2.24) is 14.9 Å². The number of nitrogens with one attached hydrogen (secondary N) is 2. The number of H-pyrrole nitrogens is 1. The molecule has 6 nitrogen and oxygen atoms in total. The monoisotopic (exact) mass is 337 g/mol. The molecule has 1 amide bonds. The van der Waals surface area contributed by atoms with Gasteiger partial charge in [0.15, 0.2) is 0 Å². The summed E-state index contributed by atoms with van der Waals surface area (Å²) < 4.78 is 1.04. The van der Waals surface area contributed by atoms with Gasteiger partial charge in [-0.05, 0) is 21.5 Å². The highest BCUT2D eigenvalue weighted by Gasteiger charge is 2.09. The van der Waals surface area contributed by atoms with Crippen molar-refractivity contribution < 1.29 is 4.79 Å². The van der Waals surface area contributed by atoms with Crippen LogP contribution >= 0.6 is 15.9 Å². The Morgan fingerprint density at radius 1 is 1.25 bits per heavy atom. The van der Waals surface area contributed by atoms with E-state index in [0.29, 0.717) is 6.54 Å². The lowest BCUT2D eigenvalue weighted by molar-refractivity contribution is -0.121. The number of rotatable bonds is 4. The van der Waals surface area contributed by atoms with Crippen LogP contribution in [-0.2, 0) is 17.9 Å². The molecule has 1 aromatic heterocycles. The van der Waals surface area contributed by atoms with Crippen molar-refractivity contribution in [3.8, 4) is 0 Å². The van der Waals surface area contributed by atoms with Crippen molar-refractivity contribution in [1.29, 1.82) is 0 Å². The molecule has 0 fully saturated rings. The number of halogens is 1. The van der Waals surface area contributed by atoms with Crippen LogP contribution in [0.3, 0.4) is 0 Å². The number of amides is 1. The molecule has 0 atom stereocenters. The summed E-state index contributed by atoms with van der Waals surface area (Å²) >= 11 is 3.01. The van der Waals surface area contributed by atoms with Gasteiger partial charge in [-0.25, -0.2) is 9.36 Å². The van der Waals surface area contributed by atoms with Gasteiger partial charge in [0, 0.05) is 12.7 Å². The molecule has 0 aliphatic rings. The molecule has 0 radical (unpaired) electrons. The van der Waals surface area contributed by atoms with Gasteiger partial charge in [-0.1, -0.05) is 30.3 Å². The van der Waals surface area contributed by atoms with E-state index in [0.717, 1.165) is 10.1 Å². The van der Waals surface area contributed by atoms with E-state index in [1.54, 1.807) is 0 Å². The van der Waals surface area contributed by atoms with Crippen molar-refractivity contribution in [2.24, 2.45) is 0 Å². The molecular formula is C13H12BrN3O3. The summed E-state index contributed by atoms with van der Waals surface area (Å²) in [6.45, 7) is 0.0285. The Labute approximate surface area is 122 Å². The van der Waals surface area contributed by atoms with Crippen molar-refractivity contribution in [3.63, 3.8) is 0 Å². The van der Waals surface area contributed by atoms with E-state index in [4.69, 9.17) is 0 Å². The Morgan fingerprint density at radius 3 is 2.65 bits per heavy atom. The number of carbonyl (C=O) groups is 1. The summed E-state index contributed by atoms with van der Waals surface area (Å²) in [5.74, 6) is -0.403. The first kappa shape index (κ1) is 14.3. The quantitative estimate of drug-likeness (QED) is 0.857. The molecule has 2 N–H and O–H groups in total. The summed E-state index contributed by atoms with van der Waals surface area (Å²) in [5, 5.41) is 2.65.